The smallest absolute Gasteiger partial charge is 0.253 e. The van der Waals surface area contributed by atoms with Crippen molar-refractivity contribution in [2.75, 3.05) is 37.0 Å². The maximum absolute atomic E-state index is 12.9. The Morgan fingerprint density at radius 1 is 1.16 bits per heavy atom. The standard InChI is InChI=1S/C24H29N3O4/c1-5-26(6-2)24(30)17-8-7-9-19(13-17)25-23(29)18-14-22(28)27(15-18)20-12-16(3)10-11-21(20)31-4/h7-13,18H,5-6,14-15H2,1-4H3,(H,25,29). The van der Waals surface area contributed by atoms with Gasteiger partial charge in [-0.2, -0.15) is 0 Å². The number of rotatable bonds is 7. The molecule has 0 bridgehead atoms. The van der Waals surface area contributed by atoms with E-state index in [0.29, 0.717) is 35.8 Å². The predicted octanol–water partition coefficient (Wildman–Crippen LogP) is 3.48. The lowest BCUT2D eigenvalue weighted by molar-refractivity contribution is -0.122. The Kier molecular flexibility index (Phi) is 6.95. The molecule has 1 aliphatic rings. The first kappa shape index (κ1) is 22.3. The molecular formula is C24H29N3O4. The summed E-state index contributed by atoms with van der Waals surface area (Å²) in [7, 11) is 1.56. The van der Waals surface area contributed by atoms with Crippen LogP contribution in [0.2, 0.25) is 0 Å². The fourth-order valence-corrected chi connectivity index (χ4v) is 3.79. The van der Waals surface area contributed by atoms with Gasteiger partial charge in [-0.05, 0) is 56.7 Å². The Morgan fingerprint density at radius 3 is 2.58 bits per heavy atom. The van der Waals surface area contributed by atoms with Gasteiger partial charge in [0.05, 0.1) is 18.7 Å². The summed E-state index contributed by atoms with van der Waals surface area (Å²) in [5.41, 5.74) is 2.75. The van der Waals surface area contributed by atoms with Crippen LogP contribution in [0.25, 0.3) is 0 Å². The minimum atomic E-state index is -0.486. The van der Waals surface area contributed by atoms with Crippen molar-refractivity contribution in [3.8, 4) is 5.75 Å². The number of carbonyl (C=O) groups is 3. The Morgan fingerprint density at radius 2 is 1.90 bits per heavy atom. The van der Waals surface area contributed by atoms with E-state index in [4.69, 9.17) is 4.74 Å². The van der Waals surface area contributed by atoms with E-state index in [0.717, 1.165) is 5.56 Å². The fourth-order valence-electron chi connectivity index (χ4n) is 3.79. The van der Waals surface area contributed by atoms with Crippen LogP contribution in [0.4, 0.5) is 11.4 Å². The third-order valence-electron chi connectivity index (χ3n) is 5.55. The molecule has 2 aromatic carbocycles. The average molecular weight is 424 g/mol. The van der Waals surface area contributed by atoms with E-state index in [-0.39, 0.29) is 30.7 Å². The number of aryl methyl sites for hydroxylation is 1. The zero-order valence-electron chi connectivity index (χ0n) is 18.5. The molecule has 3 amide bonds. The third kappa shape index (κ3) is 4.87. The summed E-state index contributed by atoms with van der Waals surface area (Å²) in [5, 5.41) is 2.87. The number of anilines is 2. The van der Waals surface area contributed by atoms with Crippen molar-refractivity contribution in [3.63, 3.8) is 0 Å². The third-order valence-corrected chi connectivity index (χ3v) is 5.55. The molecule has 0 aromatic heterocycles. The van der Waals surface area contributed by atoms with Gasteiger partial charge in [0.25, 0.3) is 5.91 Å². The van der Waals surface area contributed by atoms with Crippen molar-refractivity contribution in [2.24, 2.45) is 5.92 Å². The number of nitrogens with zero attached hydrogens (tertiary/aromatic N) is 2. The second kappa shape index (κ2) is 9.64. The van der Waals surface area contributed by atoms with Gasteiger partial charge in [-0.25, -0.2) is 0 Å². The van der Waals surface area contributed by atoms with E-state index in [1.165, 1.54) is 0 Å². The Labute approximate surface area is 183 Å². The zero-order chi connectivity index (χ0) is 22.5. The van der Waals surface area contributed by atoms with Gasteiger partial charge in [0.1, 0.15) is 5.75 Å². The summed E-state index contributed by atoms with van der Waals surface area (Å²) < 4.78 is 5.40. The predicted molar refractivity (Wildman–Crippen MR) is 121 cm³/mol. The Hall–Kier alpha value is -3.35. The molecule has 0 spiro atoms. The lowest BCUT2D eigenvalue weighted by Crippen LogP contribution is -2.30. The van der Waals surface area contributed by atoms with E-state index < -0.39 is 5.92 Å². The molecule has 0 aliphatic carbocycles. The molecule has 31 heavy (non-hydrogen) atoms. The number of hydrogen-bond acceptors (Lipinski definition) is 4. The van der Waals surface area contributed by atoms with E-state index in [9.17, 15) is 14.4 Å². The van der Waals surface area contributed by atoms with E-state index in [1.807, 2.05) is 39.0 Å². The normalized spacial score (nSPS) is 15.7. The first-order chi connectivity index (χ1) is 14.9. The van der Waals surface area contributed by atoms with Crippen molar-refractivity contribution in [2.45, 2.75) is 27.2 Å². The van der Waals surface area contributed by atoms with Crippen LogP contribution in [0.15, 0.2) is 42.5 Å². The second-order valence-corrected chi connectivity index (χ2v) is 7.63. The lowest BCUT2D eigenvalue weighted by Gasteiger charge is -2.20. The zero-order valence-corrected chi connectivity index (χ0v) is 18.5. The van der Waals surface area contributed by atoms with E-state index >= 15 is 0 Å². The van der Waals surface area contributed by atoms with Crippen molar-refractivity contribution < 1.29 is 19.1 Å². The number of hydrogen-bond donors (Lipinski definition) is 1. The Bertz CT molecular complexity index is 985. The van der Waals surface area contributed by atoms with Crippen LogP contribution in [-0.4, -0.2) is 49.4 Å². The SMILES string of the molecule is CCN(CC)C(=O)c1cccc(NC(=O)C2CC(=O)N(c3cc(C)ccc3OC)C2)c1. The summed E-state index contributed by atoms with van der Waals surface area (Å²) in [6.07, 6.45) is 0.126. The summed E-state index contributed by atoms with van der Waals surface area (Å²) in [6, 6.07) is 12.5. The van der Waals surface area contributed by atoms with Crippen LogP contribution in [0.3, 0.4) is 0 Å². The van der Waals surface area contributed by atoms with Gasteiger partial charge >= 0.3 is 0 Å². The number of nitrogens with one attached hydrogen (secondary N) is 1. The number of methoxy groups -OCH3 is 1. The van der Waals surface area contributed by atoms with Crippen LogP contribution in [0.1, 0.15) is 36.2 Å². The number of carbonyl (C=O) groups excluding carboxylic acids is 3. The number of benzene rings is 2. The van der Waals surface area contributed by atoms with Crippen molar-refractivity contribution in [1.29, 1.82) is 0 Å². The largest absolute Gasteiger partial charge is 0.495 e. The number of ether oxygens (including phenoxy) is 1. The summed E-state index contributed by atoms with van der Waals surface area (Å²) >= 11 is 0. The number of amides is 3. The summed E-state index contributed by atoms with van der Waals surface area (Å²) in [4.78, 5) is 41.4. The molecule has 1 atom stereocenters. The van der Waals surface area contributed by atoms with E-state index in [1.54, 1.807) is 41.2 Å². The van der Waals surface area contributed by atoms with Gasteiger partial charge in [0.2, 0.25) is 11.8 Å². The minimum Gasteiger partial charge on any atom is -0.495 e. The molecule has 1 unspecified atom stereocenters. The van der Waals surface area contributed by atoms with Crippen LogP contribution >= 0.6 is 0 Å². The topological polar surface area (TPSA) is 79.0 Å². The van der Waals surface area contributed by atoms with Crippen LogP contribution in [0, 0.1) is 12.8 Å². The second-order valence-electron chi connectivity index (χ2n) is 7.63. The molecule has 0 radical (unpaired) electrons. The molecule has 1 fully saturated rings. The molecule has 1 aliphatic heterocycles. The van der Waals surface area contributed by atoms with Crippen molar-refractivity contribution in [3.05, 3.63) is 53.6 Å². The molecule has 3 rings (SSSR count). The summed E-state index contributed by atoms with van der Waals surface area (Å²) in [5.74, 6) is -0.318. The average Bonchev–Trinajstić information content (AvgIpc) is 3.16. The van der Waals surface area contributed by atoms with Gasteiger partial charge in [-0.1, -0.05) is 12.1 Å². The fraction of sp³-hybridized carbons (Fsp3) is 0.375. The maximum Gasteiger partial charge on any atom is 0.253 e. The maximum atomic E-state index is 12.9. The molecule has 2 aromatic rings. The highest BCUT2D eigenvalue weighted by molar-refractivity contribution is 6.04. The molecule has 1 heterocycles. The van der Waals surface area contributed by atoms with Gasteiger partial charge in [-0.15, -0.1) is 0 Å². The van der Waals surface area contributed by atoms with Gasteiger partial charge in [0.15, 0.2) is 0 Å². The monoisotopic (exact) mass is 423 g/mol. The molecular weight excluding hydrogens is 394 g/mol. The first-order valence-corrected chi connectivity index (χ1v) is 10.5. The molecule has 7 nitrogen and oxygen atoms in total. The van der Waals surface area contributed by atoms with Crippen LogP contribution in [0.5, 0.6) is 5.75 Å². The summed E-state index contributed by atoms with van der Waals surface area (Å²) in [6.45, 7) is 7.32. The highest BCUT2D eigenvalue weighted by Gasteiger charge is 2.36. The molecule has 1 saturated heterocycles. The first-order valence-electron chi connectivity index (χ1n) is 10.5. The molecule has 1 N–H and O–H groups in total. The van der Waals surface area contributed by atoms with Gasteiger partial charge < -0.3 is 19.9 Å². The minimum absolute atomic E-state index is 0.0742. The quantitative estimate of drug-likeness (QED) is 0.740. The highest BCUT2D eigenvalue weighted by Crippen LogP contribution is 2.34. The van der Waals surface area contributed by atoms with E-state index in [2.05, 4.69) is 5.32 Å². The molecule has 7 heteroatoms. The van der Waals surface area contributed by atoms with Crippen molar-refractivity contribution in [1.82, 2.24) is 4.90 Å². The van der Waals surface area contributed by atoms with Crippen LogP contribution in [-0.2, 0) is 9.59 Å². The lowest BCUT2D eigenvalue weighted by atomic mass is 10.1. The molecule has 164 valence electrons. The van der Waals surface area contributed by atoms with Crippen LogP contribution < -0.4 is 15.0 Å². The van der Waals surface area contributed by atoms with Crippen molar-refractivity contribution >= 4 is 29.1 Å². The highest BCUT2D eigenvalue weighted by atomic mass is 16.5. The van der Waals surface area contributed by atoms with Gasteiger partial charge in [-0.3, -0.25) is 14.4 Å². The Balaban J connectivity index is 1.73. The molecule has 0 saturated carbocycles. The van der Waals surface area contributed by atoms with Gasteiger partial charge in [0, 0.05) is 37.3 Å².